The zero-order valence-corrected chi connectivity index (χ0v) is 10.5. The third-order valence-corrected chi connectivity index (χ3v) is 2.14. The van der Waals surface area contributed by atoms with Gasteiger partial charge in [-0.15, -0.1) is 0 Å². The second-order valence-electron chi connectivity index (χ2n) is 4.33. The summed E-state index contributed by atoms with van der Waals surface area (Å²) in [5.41, 5.74) is 5.48. The molecule has 0 aliphatic carbocycles. The Balaban J connectivity index is 2.48. The van der Waals surface area contributed by atoms with Gasteiger partial charge in [0.15, 0.2) is 0 Å². The number of aromatic nitrogens is 2. The highest BCUT2D eigenvalue weighted by Gasteiger charge is 2.08. The Kier molecular flexibility index (Phi) is 4.68. The summed E-state index contributed by atoms with van der Waals surface area (Å²) in [4.78, 5) is 21.2. The summed E-state index contributed by atoms with van der Waals surface area (Å²) < 4.78 is 0. The van der Waals surface area contributed by atoms with Gasteiger partial charge in [0, 0.05) is 19.8 Å². The van der Waals surface area contributed by atoms with Gasteiger partial charge in [0.05, 0.1) is 6.54 Å². The fraction of sp³-hybridized carbons (Fsp3) is 0.545. The van der Waals surface area contributed by atoms with E-state index in [1.54, 1.807) is 24.2 Å². The molecule has 3 N–H and O–H groups in total. The van der Waals surface area contributed by atoms with Gasteiger partial charge < -0.3 is 16.0 Å². The first kappa shape index (κ1) is 13.2. The first-order valence-corrected chi connectivity index (χ1v) is 5.55. The molecule has 0 aliphatic heterocycles. The van der Waals surface area contributed by atoms with Crippen molar-refractivity contribution in [1.82, 2.24) is 15.3 Å². The fourth-order valence-corrected chi connectivity index (χ4v) is 1.25. The second kappa shape index (κ2) is 6.03. The van der Waals surface area contributed by atoms with Crippen LogP contribution in [0.2, 0.25) is 0 Å². The minimum absolute atomic E-state index is 0.0293. The van der Waals surface area contributed by atoms with Crippen LogP contribution in [0.5, 0.6) is 0 Å². The Morgan fingerprint density at radius 2 is 2.29 bits per heavy atom. The first-order valence-electron chi connectivity index (χ1n) is 5.55. The number of rotatable bonds is 5. The largest absolute Gasteiger partial charge is 0.368 e. The molecule has 1 rings (SSSR count). The van der Waals surface area contributed by atoms with Gasteiger partial charge in [-0.2, -0.15) is 4.98 Å². The van der Waals surface area contributed by atoms with Crippen molar-refractivity contribution < 1.29 is 4.79 Å². The van der Waals surface area contributed by atoms with Crippen LogP contribution in [-0.2, 0) is 4.79 Å². The molecule has 0 atom stereocenters. The lowest BCUT2D eigenvalue weighted by atomic mass is 10.2. The van der Waals surface area contributed by atoms with Crippen molar-refractivity contribution in [2.75, 3.05) is 30.8 Å². The number of carbonyl (C=O) groups excluding carboxylic acids is 1. The zero-order chi connectivity index (χ0) is 12.8. The van der Waals surface area contributed by atoms with E-state index in [2.05, 4.69) is 29.1 Å². The van der Waals surface area contributed by atoms with Gasteiger partial charge in [-0.25, -0.2) is 4.98 Å². The molecule has 0 unspecified atom stereocenters. The summed E-state index contributed by atoms with van der Waals surface area (Å²) in [6.07, 6.45) is 1.57. The fourth-order valence-electron chi connectivity index (χ4n) is 1.25. The van der Waals surface area contributed by atoms with Crippen LogP contribution < -0.4 is 16.0 Å². The number of hydrogen-bond acceptors (Lipinski definition) is 5. The maximum atomic E-state index is 11.6. The predicted molar refractivity (Wildman–Crippen MR) is 67.6 cm³/mol. The molecule has 0 bridgehead atoms. The summed E-state index contributed by atoms with van der Waals surface area (Å²) >= 11 is 0. The average Bonchev–Trinajstić information content (AvgIpc) is 2.26. The highest BCUT2D eigenvalue weighted by molar-refractivity contribution is 5.80. The highest BCUT2D eigenvalue weighted by atomic mass is 16.2. The maximum absolute atomic E-state index is 11.6. The molecule has 0 radical (unpaired) electrons. The van der Waals surface area contributed by atoms with Gasteiger partial charge in [-0.05, 0) is 12.0 Å². The molecule has 6 heteroatoms. The number of nitrogens with one attached hydrogen (secondary N) is 1. The van der Waals surface area contributed by atoms with Crippen LogP contribution >= 0.6 is 0 Å². The lowest BCUT2D eigenvalue weighted by molar-refractivity contribution is -0.119. The standard InChI is InChI=1S/C11H19N5O/c1-8(2)6-14-10(17)7-16(3)9-4-5-13-11(12)15-9/h4-5,8H,6-7H2,1-3H3,(H,14,17)(H2,12,13,15). The molecule has 94 valence electrons. The summed E-state index contributed by atoms with van der Waals surface area (Å²) in [6.45, 7) is 5.03. The van der Waals surface area contributed by atoms with Crippen LogP contribution in [0, 0.1) is 5.92 Å². The van der Waals surface area contributed by atoms with Crippen molar-refractivity contribution in [1.29, 1.82) is 0 Å². The van der Waals surface area contributed by atoms with Crippen LogP contribution in [0.4, 0.5) is 11.8 Å². The Labute approximate surface area is 101 Å². The smallest absolute Gasteiger partial charge is 0.239 e. The third kappa shape index (κ3) is 4.67. The highest BCUT2D eigenvalue weighted by Crippen LogP contribution is 2.07. The lowest BCUT2D eigenvalue weighted by Gasteiger charge is -2.18. The summed E-state index contributed by atoms with van der Waals surface area (Å²) in [5, 5.41) is 2.84. The molecule has 0 spiro atoms. The molecule has 0 aliphatic rings. The number of amides is 1. The van der Waals surface area contributed by atoms with E-state index in [1.807, 2.05) is 0 Å². The van der Waals surface area contributed by atoms with Crippen LogP contribution in [0.1, 0.15) is 13.8 Å². The normalized spacial score (nSPS) is 10.4. The molecular formula is C11H19N5O. The molecule has 0 saturated carbocycles. The zero-order valence-electron chi connectivity index (χ0n) is 10.5. The molecule has 1 aromatic heterocycles. The van der Waals surface area contributed by atoms with Gasteiger partial charge in [0.25, 0.3) is 0 Å². The van der Waals surface area contributed by atoms with E-state index in [9.17, 15) is 4.79 Å². The second-order valence-corrected chi connectivity index (χ2v) is 4.33. The topological polar surface area (TPSA) is 84.1 Å². The van der Waals surface area contributed by atoms with Crippen molar-refractivity contribution in [2.45, 2.75) is 13.8 Å². The van der Waals surface area contributed by atoms with Crippen LogP contribution in [-0.4, -0.2) is 36.0 Å². The molecule has 1 heterocycles. The van der Waals surface area contributed by atoms with E-state index < -0.39 is 0 Å². The van der Waals surface area contributed by atoms with Crippen LogP contribution in [0.25, 0.3) is 0 Å². The van der Waals surface area contributed by atoms with Crippen molar-refractivity contribution in [3.05, 3.63) is 12.3 Å². The molecule has 0 aromatic carbocycles. The number of carbonyl (C=O) groups is 1. The van der Waals surface area contributed by atoms with Crippen molar-refractivity contribution in [2.24, 2.45) is 5.92 Å². The van der Waals surface area contributed by atoms with E-state index in [-0.39, 0.29) is 18.4 Å². The number of anilines is 2. The Bertz CT molecular complexity index is 380. The van der Waals surface area contributed by atoms with Gasteiger partial charge in [-0.3, -0.25) is 4.79 Å². The number of nitrogen functional groups attached to an aromatic ring is 1. The van der Waals surface area contributed by atoms with Gasteiger partial charge >= 0.3 is 0 Å². The molecule has 1 aromatic rings. The van der Waals surface area contributed by atoms with E-state index >= 15 is 0 Å². The van der Waals surface area contributed by atoms with Crippen LogP contribution in [0.15, 0.2) is 12.3 Å². The van der Waals surface area contributed by atoms with E-state index in [4.69, 9.17) is 5.73 Å². The van der Waals surface area contributed by atoms with Crippen molar-refractivity contribution >= 4 is 17.7 Å². The molecular weight excluding hydrogens is 218 g/mol. The maximum Gasteiger partial charge on any atom is 0.239 e. The molecule has 0 saturated heterocycles. The van der Waals surface area contributed by atoms with Gasteiger partial charge in [-0.1, -0.05) is 13.8 Å². The Hall–Kier alpha value is -1.85. The van der Waals surface area contributed by atoms with Crippen molar-refractivity contribution in [3.63, 3.8) is 0 Å². The number of likely N-dealkylation sites (N-methyl/N-ethyl adjacent to an activating group) is 1. The SMILES string of the molecule is CC(C)CNC(=O)CN(C)c1ccnc(N)n1. The Morgan fingerprint density at radius 1 is 1.59 bits per heavy atom. The van der Waals surface area contributed by atoms with Crippen LogP contribution in [0.3, 0.4) is 0 Å². The van der Waals surface area contributed by atoms with E-state index in [1.165, 1.54) is 0 Å². The van der Waals surface area contributed by atoms with E-state index in [0.717, 1.165) is 0 Å². The minimum atomic E-state index is -0.0293. The number of nitrogens with zero attached hydrogens (tertiary/aromatic N) is 3. The molecule has 0 fully saturated rings. The number of nitrogens with two attached hydrogens (primary N) is 1. The van der Waals surface area contributed by atoms with E-state index in [0.29, 0.717) is 18.3 Å². The van der Waals surface area contributed by atoms with Crippen molar-refractivity contribution in [3.8, 4) is 0 Å². The summed E-state index contributed by atoms with van der Waals surface area (Å²) in [7, 11) is 1.79. The lowest BCUT2D eigenvalue weighted by Crippen LogP contribution is -2.37. The predicted octanol–water partition coefficient (Wildman–Crippen LogP) is 0.267. The van der Waals surface area contributed by atoms with Gasteiger partial charge in [0.2, 0.25) is 11.9 Å². The monoisotopic (exact) mass is 237 g/mol. The first-order chi connectivity index (χ1) is 7.99. The average molecular weight is 237 g/mol. The summed E-state index contributed by atoms with van der Waals surface area (Å²) in [5.74, 6) is 1.26. The summed E-state index contributed by atoms with van der Waals surface area (Å²) in [6, 6.07) is 1.71. The van der Waals surface area contributed by atoms with Gasteiger partial charge in [0.1, 0.15) is 5.82 Å². The third-order valence-electron chi connectivity index (χ3n) is 2.14. The Morgan fingerprint density at radius 3 is 2.88 bits per heavy atom. The molecule has 6 nitrogen and oxygen atoms in total. The molecule has 17 heavy (non-hydrogen) atoms. The quantitative estimate of drug-likeness (QED) is 0.767. The minimum Gasteiger partial charge on any atom is -0.368 e. The number of hydrogen-bond donors (Lipinski definition) is 2. The molecule has 1 amide bonds.